The zero-order valence-corrected chi connectivity index (χ0v) is 10.5. The molecule has 1 N–H and O–H groups in total. The Balaban J connectivity index is 1.83. The molecule has 1 fully saturated rings. The van der Waals surface area contributed by atoms with E-state index in [2.05, 4.69) is 17.4 Å². The van der Waals surface area contributed by atoms with Crippen LogP contribution in [0.2, 0.25) is 0 Å². The van der Waals surface area contributed by atoms with Gasteiger partial charge in [-0.1, -0.05) is 5.16 Å². The van der Waals surface area contributed by atoms with Crippen LogP contribution < -0.4 is 5.32 Å². The molecule has 0 saturated carbocycles. The molecule has 17 heavy (non-hydrogen) atoms. The Bertz CT molecular complexity index is 345. The number of methoxy groups -OCH3 is 1. The number of aromatic nitrogens is 1. The van der Waals surface area contributed by atoms with Crippen LogP contribution in [-0.2, 0) is 22.7 Å². The number of piperidine rings is 1. The largest absolute Gasteiger partial charge is 0.377 e. The Morgan fingerprint density at radius 1 is 1.53 bits per heavy atom. The normalized spacial score (nSPS) is 25.1. The molecule has 1 aliphatic heterocycles. The molecule has 1 saturated heterocycles. The molecular formula is C12H20N2O3. The molecule has 0 spiro atoms. The molecule has 1 aromatic rings. The van der Waals surface area contributed by atoms with Gasteiger partial charge in [-0.05, 0) is 26.3 Å². The molecule has 0 aliphatic carbocycles. The van der Waals surface area contributed by atoms with Crippen LogP contribution in [0.25, 0.3) is 0 Å². The molecule has 1 unspecified atom stereocenters. The number of nitrogens with one attached hydrogen (secondary N) is 1. The van der Waals surface area contributed by atoms with E-state index in [4.69, 9.17) is 14.0 Å². The van der Waals surface area contributed by atoms with E-state index in [1.807, 2.05) is 6.07 Å². The van der Waals surface area contributed by atoms with E-state index in [0.717, 1.165) is 37.4 Å². The highest BCUT2D eigenvalue weighted by Crippen LogP contribution is 2.21. The first-order valence-electron chi connectivity index (χ1n) is 6.00. The van der Waals surface area contributed by atoms with Crippen molar-refractivity contribution in [2.24, 2.45) is 0 Å². The lowest BCUT2D eigenvalue weighted by Crippen LogP contribution is -2.45. The van der Waals surface area contributed by atoms with Gasteiger partial charge in [0, 0.05) is 19.7 Å². The average Bonchev–Trinajstić information content (AvgIpc) is 2.76. The molecule has 1 aromatic heterocycles. The Kier molecular flexibility index (Phi) is 4.15. The van der Waals surface area contributed by atoms with Crippen LogP contribution in [-0.4, -0.2) is 31.0 Å². The maximum absolute atomic E-state index is 5.92. The van der Waals surface area contributed by atoms with Gasteiger partial charge in [-0.25, -0.2) is 0 Å². The van der Waals surface area contributed by atoms with Crippen molar-refractivity contribution < 1.29 is 14.0 Å². The molecule has 5 nitrogen and oxygen atoms in total. The second kappa shape index (κ2) is 5.62. The minimum atomic E-state index is -0.0847. The van der Waals surface area contributed by atoms with Crippen molar-refractivity contribution in [2.45, 2.75) is 38.6 Å². The SMILES string of the molecule is COCc1cc(COC2(C)CCCNC2)no1. The summed E-state index contributed by atoms with van der Waals surface area (Å²) in [6.45, 7) is 5.06. The van der Waals surface area contributed by atoms with Gasteiger partial charge in [0.05, 0.1) is 12.2 Å². The summed E-state index contributed by atoms with van der Waals surface area (Å²) in [5, 5.41) is 7.30. The van der Waals surface area contributed by atoms with Gasteiger partial charge < -0.3 is 19.3 Å². The summed E-state index contributed by atoms with van der Waals surface area (Å²) in [5.74, 6) is 0.734. The van der Waals surface area contributed by atoms with Crippen LogP contribution in [0.1, 0.15) is 31.2 Å². The van der Waals surface area contributed by atoms with E-state index >= 15 is 0 Å². The van der Waals surface area contributed by atoms with E-state index in [0.29, 0.717) is 13.2 Å². The van der Waals surface area contributed by atoms with E-state index in [-0.39, 0.29) is 5.60 Å². The van der Waals surface area contributed by atoms with Crippen LogP contribution in [0.4, 0.5) is 0 Å². The van der Waals surface area contributed by atoms with E-state index in [1.54, 1.807) is 7.11 Å². The molecule has 1 aliphatic rings. The Morgan fingerprint density at radius 3 is 3.12 bits per heavy atom. The van der Waals surface area contributed by atoms with Gasteiger partial charge in [-0.2, -0.15) is 0 Å². The molecule has 2 heterocycles. The van der Waals surface area contributed by atoms with E-state index in [1.165, 1.54) is 0 Å². The van der Waals surface area contributed by atoms with Gasteiger partial charge in [0.25, 0.3) is 0 Å². The lowest BCUT2D eigenvalue weighted by Gasteiger charge is -2.33. The molecule has 96 valence electrons. The zero-order valence-electron chi connectivity index (χ0n) is 10.5. The van der Waals surface area contributed by atoms with Crippen LogP contribution >= 0.6 is 0 Å². The molecular weight excluding hydrogens is 220 g/mol. The highest BCUT2D eigenvalue weighted by molar-refractivity contribution is 5.03. The fraction of sp³-hybridized carbons (Fsp3) is 0.750. The lowest BCUT2D eigenvalue weighted by atomic mass is 9.96. The minimum absolute atomic E-state index is 0.0847. The van der Waals surface area contributed by atoms with Crippen molar-refractivity contribution in [3.63, 3.8) is 0 Å². The third-order valence-corrected chi connectivity index (χ3v) is 3.02. The van der Waals surface area contributed by atoms with Gasteiger partial charge in [-0.15, -0.1) is 0 Å². The maximum Gasteiger partial charge on any atom is 0.162 e. The van der Waals surface area contributed by atoms with Crippen LogP contribution in [0.15, 0.2) is 10.6 Å². The van der Waals surface area contributed by atoms with Crippen molar-refractivity contribution in [1.29, 1.82) is 0 Å². The summed E-state index contributed by atoms with van der Waals surface area (Å²) >= 11 is 0. The van der Waals surface area contributed by atoms with Gasteiger partial charge in [0.15, 0.2) is 5.76 Å². The first-order chi connectivity index (χ1) is 8.22. The smallest absolute Gasteiger partial charge is 0.162 e. The first-order valence-corrected chi connectivity index (χ1v) is 6.00. The van der Waals surface area contributed by atoms with Crippen LogP contribution in [0.5, 0.6) is 0 Å². The molecule has 0 amide bonds. The lowest BCUT2D eigenvalue weighted by molar-refractivity contribution is -0.0589. The van der Waals surface area contributed by atoms with E-state index in [9.17, 15) is 0 Å². The van der Waals surface area contributed by atoms with Crippen LogP contribution in [0.3, 0.4) is 0 Å². The zero-order chi connectivity index (χ0) is 12.1. The number of hydrogen-bond acceptors (Lipinski definition) is 5. The molecule has 5 heteroatoms. The Labute approximate surface area is 101 Å². The summed E-state index contributed by atoms with van der Waals surface area (Å²) < 4.78 is 16.0. The van der Waals surface area contributed by atoms with Crippen LogP contribution in [0, 0.1) is 0 Å². The highest BCUT2D eigenvalue weighted by atomic mass is 16.5. The summed E-state index contributed by atoms with van der Waals surface area (Å²) in [6, 6.07) is 1.88. The van der Waals surface area contributed by atoms with Crippen molar-refractivity contribution >= 4 is 0 Å². The number of hydrogen-bond donors (Lipinski definition) is 1. The maximum atomic E-state index is 5.92. The third kappa shape index (κ3) is 3.52. The second-order valence-corrected chi connectivity index (χ2v) is 4.74. The second-order valence-electron chi connectivity index (χ2n) is 4.74. The minimum Gasteiger partial charge on any atom is -0.377 e. The van der Waals surface area contributed by atoms with Gasteiger partial charge in [0.2, 0.25) is 0 Å². The summed E-state index contributed by atoms with van der Waals surface area (Å²) in [5.41, 5.74) is 0.738. The molecule has 1 atom stereocenters. The predicted octanol–water partition coefficient (Wildman–Crippen LogP) is 1.48. The van der Waals surface area contributed by atoms with E-state index < -0.39 is 0 Å². The standard InChI is InChI=1S/C12H20N2O3/c1-12(4-3-5-13-9-12)16-7-10-6-11(8-15-2)17-14-10/h6,13H,3-5,7-9H2,1-2H3. The van der Waals surface area contributed by atoms with Gasteiger partial charge >= 0.3 is 0 Å². The van der Waals surface area contributed by atoms with Crippen molar-refractivity contribution in [2.75, 3.05) is 20.2 Å². The molecule has 0 aromatic carbocycles. The Hall–Kier alpha value is -0.910. The van der Waals surface area contributed by atoms with Crippen molar-refractivity contribution in [3.05, 3.63) is 17.5 Å². The highest BCUT2D eigenvalue weighted by Gasteiger charge is 2.27. The van der Waals surface area contributed by atoms with Gasteiger partial charge in [0.1, 0.15) is 12.3 Å². The monoisotopic (exact) mass is 240 g/mol. The first kappa shape index (κ1) is 12.5. The average molecular weight is 240 g/mol. The number of rotatable bonds is 5. The molecule has 0 radical (unpaired) electrons. The van der Waals surface area contributed by atoms with Crippen molar-refractivity contribution in [3.8, 4) is 0 Å². The molecule has 2 rings (SSSR count). The predicted molar refractivity (Wildman–Crippen MR) is 62.5 cm³/mol. The fourth-order valence-electron chi connectivity index (χ4n) is 2.03. The summed E-state index contributed by atoms with van der Waals surface area (Å²) in [7, 11) is 1.63. The molecule has 0 bridgehead atoms. The topological polar surface area (TPSA) is 56.5 Å². The number of nitrogens with zero attached hydrogens (tertiary/aromatic N) is 1. The Morgan fingerprint density at radius 2 is 2.41 bits per heavy atom. The van der Waals surface area contributed by atoms with Crippen molar-refractivity contribution in [1.82, 2.24) is 10.5 Å². The fourth-order valence-corrected chi connectivity index (χ4v) is 2.03. The van der Waals surface area contributed by atoms with Gasteiger partial charge in [-0.3, -0.25) is 0 Å². The summed E-state index contributed by atoms with van der Waals surface area (Å²) in [4.78, 5) is 0. The quantitative estimate of drug-likeness (QED) is 0.844. The summed E-state index contributed by atoms with van der Waals surface area (Å²) in [6.07, 6.45) is 2.24. The number of ether oxygens (including phenoxy) is 2. The third-order valence-electron chi connectivity index (χ3n) is 3.02.